The Morgan fingerprint density at radius 3 is 1.88 bits per heavy atom. The van der Waals surface area contributed by atoms with Gasteiger partial charge in [-0.2, -0.15) is 15.0 Å². The minimum absolute atomic E-state index is 0.0848. The third-order valence-electron chi connectivity index (χ3n) is 5.58. The van der Waals surface area contributed by atoms with Crippen molar-refractivity contribution in [1.82, 2.24) is 20.4 Å². The van der Waals surface area contributed by atoms with Crippen molar-refractivity contribution >= 4 is 39.7 Å². The van der Waals surface area contributed by atoms with Crippen LogP contribution < -0.4 is 43.6 Å². The molecule has 3 heterocycles. The fourth-order valence-electron chi connectivity index (χ4n) is 4.19. The highest BCUT2D eigenvalue weighted by Crippen LogP contribution is 2.22. The molecule has 12 nitrogen and oxygen atoms in total. The Kier molecular flexibility index (Phi) is 7.24. The Morgan fingerprint density at radius 2 is 1.39 bits per heavy atom. The number of rotatable bonds is 5. The molecule has 0 spiro atoms. The lowest BCUT2D eigenvalue weighted by Crippen LogP contribution is -2.54. The van der Waals surface area contributed by atoms with Crippen LogP contribution in [-0.4, -0.2) is 71.2 Å². The van der Waals surface area contributed by atoms with Gasteiger partial charge in [0.25, 0.3) is 5.91 Å². The number of benzene rings is 1. The summed E-state index contributed by atoms with van der Waals surface area (Å²) < 4.78 is 0.801. The number of amides is 1. The number of piperidine rings is 2. The van der Waals surface area contributed by atoms with E-state index in [1.807, 2.05) is 15.9 Å². The average molecular weight is 520 g/mol. The summed E-state index contributed by atoms with van der Waals surface area (Å²) in [5.41, 5.74) is 30.6. The highest BCUT2D eigenvalue weighted by Gasteiger charge is 2.28. The van der Waals surface area contributed by atoms with Gasteiger partial charge in [-0.1, -0.05) is 22.0 Å². The van der Waals surface area contributed by atoms with Gasteiger partial charge in [-0.15, -0.1) is 0 Å². The highest BCUT2D eigenvalue weighted by atomic mass is 79.9. The SMILES string of the molecule is N[C@@H]1C[C@H](N)CN(c2nc(NNC(=O)c3cccc(Br)c3)nc(N3C[C@H](N)C[C@H](N)C3)n2)C1. The number of hydrogen-bond acceptors (Lipinski definition) is 11. The fourth-order valence-corrected chi connectivity index (χ4v) is 4.59. The van der Waals surface area contributed by atoms with E-state index in [0.29, 0.717) is 43.6 Å². The van der Waals surface area contributed by atoms with E-state index >= 15 is 0 Å². The molecule has 0 saturated carbocycles. The van der Waals surface area contributed by atoms with E-state index < -0.39 is 0 Å². The Labute approximate surface area is 200 Å². The van der Waals surface area contributed by atoms with E-state index in [4.69, 9.17) is 22.9 Å². The first kappa shape index (κ1) is 23.6. The normalized spacial score (nSPS) is 25.6. The summed E-state index contributed by atoms with van der Waals surface area (Å²) in [6.07, 6.45) is 1.47. The number of anilines is 3. The van der Waals surface area contributed by atoms with Crippen molar-refractivity contribution in [1.29, 1.82) is 0 Å². The predicted octanol–water partition coefficient (Wildman–Crippen LogP) is -0.880. The Balaban J connectivity index is 1.59. The largest absolute Gasteiger partial charge is 0.338 e. The number of hydrogen-bond donors (Lipinski definition) is 6. The summed E-state index contributed by atoms with van der Waals surface area (Å²) in [6, 6.07) is 6.71. The third-order valence-corrected chi connectivity index (χ3v) is 6.08. The van der Waals surface area contributed by atoms with Crippen LogP contribution in [0.2, 0.25) is 0 Å². The third kappa shape index (κ3) is 6.06. The monoisotopic (exact) mass is 519 g/mol. The molecule has 0 unspecified atom stereocenters. The van der Waals surface area contributed by atoms with Gasteiger partial charge in [-0.3, -0.25) is 15.6 Å². The number of nitrogens with two attached hydrogens (primary N) is 4. The van der Waals surface area contributed by atoms with Crippen molar-refractivity contribution in [2.45, 2.75) is 37.0 Å². The maximum atomic E-state index is 12.6. The van der Waals surface area contributed by atoms with Crippen molar-refractivity contribution < 1.29 is 4.79 Å². The smallest absolute Gasteiger partial charge is 0.269 e. The van der Waals surface area contributed by atoms with Gasteiger partial charge in [0.05, 0.1) is 0 Å². The number of hydrazine groups is 1. The number of nitrogens with zero attached hydrogens (tertiary/aromatic N) is 5. The molecule has 0 bridgehead atoms. The standard InChI is InChI=1S/C20H30BrN11O/c21-12-3-1-2-11(4-12)17(33)29-30-18-26-19(31-7-13(22)5-14(23)8-31)28-20(27-18)32-9-15(24)6-16(25)10-32/h1-4,13-16H,5-10,22-25H2,(H,29,33)(H,26,27,28,30)/t13-,14+,15-,16+. The molecular formula is C20H30BrN11O. The fraction of sp³-hybridized carbons (Fsp3) is 0.500. The summed E-state index contributed by atoms with van der Waals surface area (Å²) in [5.74, 6) is 0.720. The van der Waals surface area contributed by atoms with Crippen molar-refractivity contribution in [2.75, 3.05) is 41.4 Å². The van der Waals surface area contributed by atoms with Crippen LogP contribution >= 0.6 is 15.9 Å². The first-order valence-corrected chi connectivity index (χ1v) is 11.7. The van der Waals surface area contributed by atoms with Crippen LogP contribution in [0.25, 0.3) is 0 Å². The highest BCUT2D eigenvalue weighted by molar-refractivity contribution is 9.10. The van der Waals surface area contributed by atoms with Gasteiger partial charge in [0.1, 0.15) is 0 Å². The van der Waals surface area contributed by atoms with Gasteiger partial charge in [0.15, 0.2) is 0 Å². The predicted molar refractivity (Wildman–Crippen MR) is 131 cm³/mol. The van der Waals surface area contributed by atoms with Crippen molar-refractivity contribution in [3.05, 3.63) is 34.3 Å². The van der Waals surface area contributed by atoms with Crippen LogP contribution in [0.1, 0.15) is 23.2 Å². The molecule has 178 valence electrons. The Hall–Kier alpha value is -2.58. The Morgan fingerprint density at radius 1 is 0.879 bits per heavy atom. The summed E-state index contributed by atoms with van der Waals surface area (Å²) >= 11 is 3.37. The zero-order chi connectivity index (χ0) is 23.5. The number of halogens is 1. The second-order valence-corrected chi connectivity index (χ2v) is 9.59. The molecule has 10 N–H and O–H groups in total. The molecule has 33 heavy (non-hydrogen) atoms. The number of carbonyl (C=O) groups excluding carboxylic acids is 1. The van der Waals surface area contributed by atoms with Gasteiger partial charge < -0.3 is 32.7 Å². The quantitative estimate of drug-likeness (QED) is 0.269. The van der Waals surface area contributed by atoms with E-state index in [9.17, 15) is 4.79 Å². The number of carbonyl (C=O) groups is 1. The van der Waals surface area contributed by atoms with Crippen molar-refractivity contribution in [3.8, 4) is 0 Å². The zero-order valence-corrected chi connectivity index (χ0v) is 19.8. The molecule has 1 aromatic carbocycles. The van der Waals surface area contributed by atoms with Gasteiger partial charge in [-0.05, 0) is 31.0 Å². The molecule has 13 heteroatoms. The second-order valence-electron chi connectivity index (χ2n) is 8.67. The van der Waals surface area contributed by atoms with Gasteiger partial charge in [-0.25, -0.2) is 0 Å². The molecule has 4 atom stereocenters. The molecule has 4 rings (SSSR count). The molecule has 1 amide bonds. The lowest BCUT2D eigenvalue weighted by Gasteiger charge is -2.36. The van der Waals surface area contributed by atoms with Crippen LogP contribution in [0.3, 0.4) is 0 Å². The van der Waals surface area contributed by atoms with E-state index in [1.165, 1.54) is 0 Å². The van der Waals surface area contributed by atoms with Crippen LogP contribution in [0.5, 0.6) is 0 Å². The topological polar surface area (TPSA) is 190 Å². The molecule has 2 aromatic rings. The molecule has 2 fully saturated rings. The first-order chi connectivity index (χ1) is 15.8. The summed E-state index contributed by atoms with van der Waals surface area (Å²) in [7, 11) is 0. The molecular weight excluding hydrogens is 490 g/mol. The maximum Gasteiger partial charge on any atom is 0.269 e. The summed E-state index contributed by atoms with van der Waals surface area (Å²) in [6.45, 7) is 2.28. The average Bonchev–Trinajstić information content (AvgIpc) is 2.76. The van der Waals surface area contributed by atoms with Crippen LogP contribution in [0.4, 0.5) is 17.8 Å². The van der Waals surface area contributed by atoms with Gasteiger partial charge >= 0.3 is 0 Å². The summed E-state index contributed by atoms with van der Waals surface area (Å²) in [4.78, 5) is 30.1. The molecule has 1 aromatic heterocycles. The molecule has 2 aliphatic heterocycles. The summed E-state index contributed by atoms with van der Waals surface area (Å²) in [5, 5.41) is 0. The number of nitrogens with one attached hydrogen (secondary N) is 2. The van der Waals surface area contributed by atoms with Crippen LogP contribution in [0.15, 0.2) is 28.7 Å². The van der Waals surface area contributed by atoms with Gasteiger partial charge in [0, 0.05) is 60.4 Å². The van der Waals surface area contributed by atoms with E-state index in [-0.39, 0.29) is 36.0 Å². The van der Waals surface area contributed by atoms with Crippen molar-refractivity contribution in [2.24, 2.45) is 22.9 Å². The second kappa shape index (κ2) is 10.1. The molecule has 2 aliphatic rings. The molecule has 0 radical (unpaired) electrons. The van der Waals surface area contributed by atoms with Crippen molar-refractivity contribution in [3.63, 3.8) is 0 Å². The maximum absolute atomic E-state index is 12.6. The minimum atomic E-state index is -0.330. The van der Waals surface area contributed by atoms with Crippen LogP contribution in [0, 0.1) is 0 Å². The van der Waals surface area contributed by atoms with Gasteiger partial charge in [0.2, 0.25) is 17.8 Å². The minimum Gasteiger partial charge on any atom is -0.338 e. The lowest BCUT2D eigenvalue weighted by atomic mass is 10.0. The molecule has 2 saturated heterocycles. The molecule has 0 aliphatic carbocycles. The lowest BCUT2D eigenvalue weighted by molar-refractivity contribution is 0.0962. The van der Waals surface area contributed by atoms with E-state index in [0.717, 1.165) is 17.3 Å². The number of aromatic nitrogens is 3. The van der Waals surface area contributed by atoms with Crippen LogP contribution in [-0.2, 0) is 0 Å². The van der Waals surface area contributed by atoms with E-state index in [1.54, 1.807) is 18.2 Å². The first-order valence-electron chi connectivity index (χ1n) is 10.9. The Bertz CT molecular complexity index is 928. The van der Waals surface area contributed by atoms with E-state index in [2.05, 4.69) is 41.7 Å². The zero-order valence-electron chi connectivity index (χ0n) is 18.2.